The highest BCUT2D eigenvalue weighted by atomic mass is 35.5. The van der Waals surface area contributed by atoms with Gasteiger partial charge in [0.1, 0.15) is 0 Å². The van der Waals surface area contributed by atoms with Gasteiger partial charge in [0.25, 0.3) is 0 Å². The summed E-state index contributed by atoms with van der Waals surface area (Å²) in [5.74, 6) is 0.689. The summed E-state index contributed by atoms with van der Waals surface area (Å²) in [4.78, 5) is 0. The summed E-state index contributed by atoms with van der Waals surface area (Å²) in [5, 5.41) is 3.45. The maximum absolute atomic E-state index is 5.71. The van der Waals surface area contributed by atoms with E-state index in [9.17, 15) is 0 Å². The predicted molar refractivity (Wildman–Crippen MR) is 77.6 cm³/mol. The van der Waals surface area contributed by atoms with Crippen molar-refractivity contribution in [2.75, 3.05) is 24.3 Å². The quantitative estimate of drug-likeness (QED) is 0.599. The highest BCUT2D eigenvalue weighted by Gasteiger charge is 2.14. The normalized spacial score (nSPS) is 19.1. The molecule has 1 atom stereocenters. The summed E-state index contributed by atoms with van der Waals surface area (Å²) >= 11 is 5.71. The van der Waals surface area contributed by atoms with Gasteiger partial charge >= 0.3 is 0 Å². The fourth-order valence-electron chi connectivity index (χ4n) is 2.33. The van der Waals surface area contributed by atoms with Crippen molar-refractivity contribution in [2.45, 2.75) is 38.2 Å². The number of ether oxygens (including phenoxy) is 1. The third-order valence-electron chi connectivity index (χ3n) is 3.39. The molecule has 1 aromatic carbocycles. The molecule has 18 heavy (non-hydrogen) atoms. The molecule has 1 N–H and O–H groups in total. The van der Waals surface area contributed by atoms with Crippen LogP contribution in [0.1, 0.15) is 31.2 Å². The van der Waals surface area contributed by atoms with Gasteiger partial charge in [-0.2, -0.15) is 0 Å². The Morgan fingerprint density at radius 2 is 2.11 bits per heavy atom. The molecule has 0 aromatic heterocycles. The van der Waals surface area contributed by atoms with Crippen LogP contribution in [0.4, 0.5) is 5.69 Å². The van der Waals surface area contributed by atoms with Gasteiger partial charge in [-0.25, -0.2) is 0 Å². The fraction of sp³-hybridized carbons (Fsp3) is 0.600. The smallest absolute Gasteiger partial charge is 0.0576 e. The van der Waals surface area contributed by atoms with Crippen LogP contribution in [0.25, 0.3) is 0 Å². The zero-order chi connectivity index (χ0) is 12.6. The Labute approximate surface area is 115 Å². The van der Waals surface area contributed by atoms with E-state index in [0.717, 1.165) is 19.6 Å². The van der Waals surface area contributed by atoms with Crippen molar-refractivity contribution in [3.05, 3.63) is 29.8 Å². The molecule has 0 aliphatic carbocycles. The third kappa shape index (κ3) is 4.51. The lowest BCUT2D eigenvalue weighted by Gasteiger charge is -2.10. The minimum absolute atomic E-state index is 0.512. The first-order valence-electron chi connectivity index (χ1n) is 6.89. The highest BCUT2D eigenvalue weighted by Crippen LogP contribution is 2.17. The number of nitrogens with one attached hydrogen (secondary N) is 1. The summed E-state index contributed by atoms with van der Waals surface area (Å²) in [7, 11) is 0. The molecule has 100 valence electrons. The first-order valence-corrected chi connectivity index (χ1v) is 7.42. The maximum atomic E-state index is 5.71. The SMILES string of the molecule is ClCCc1ccc(NCCCC2CCCO2)cc1. The largest absolute Gasteiger partial charge is 0.385 e. The topological polar surface area (TPSA) is 21.3 Å². The Bertz CT molecular complexity index is 333. The minimum Gasteiger partial charge on any atom is -0.385 e. The van der Waals surface area contributed by atoms with Gasteiger partial charge in [-0.1, -0.05) is 12.1 Å². The summed E-state index contributed by atoms with van der Waals surface area (Å²) in [6.07, 6.45) is 6.29. The second-order valence-electron chi connectivity index (χ2n) is 4.84. The molecule has 0 amide bonds. The molecule has 1 aliphatic rings. The number of halogens is 1. The first-order chi connectivity index (χ1) is 8.88. The van der Waals surface area contributed by atoms with Gasteiger partial charge in [-0.3, -0.25) is 0 Å². The Balaban J connectivity index is 1.63. The second kappa shape index (κ2) is 7.65. The predicted octanol–water partition coefficient (Wildman–Crippen LogP) is 3.84. The van der Waals surface area contributed by atoms with Crippen molar-refractivity contribution in [2.24, 2.45) is 0 Å². The number of benzene rings is 1. The molecular formula is C15H22ClNO. The molecule has 0 saturated carbocycles. The Hall–Kier alpha value is -0.730. The molecule has 3 heteroatoms. The van der Waals surface area contributed by atoms with E-state index in [1.54, 1.807) is 0 Å². The molecule has 0 bridgehead atoms. The average molecular weight is 268 g/mol. The maximum Gasteiger partial charge on any atom is 0.0576 e. The number of anilines is 1. The molecule has 1 fully saturated rings. The number of hydrogen-bond acceptors (Lipinski definition) is 2. The van der Waals surface area contributed by atoms with Crippen molar-refractivity contribution in [3.8, 4) is 0 Å². The average Bonchev–Trinajstić information content (AvgIpc) is 2.90. The van der Waals surface area contributed by atoms with Gasteiger partial charge in [0.2, 0.25) is 0 Å². The molecule has 1 aromatic rings. The zero-order valence-corrected chi connectivity index (χ0v) is 11.6. The number of alkyl halides is 1. The summed E-state index contributed by atoms with van der Waals surface area (Å²) in [5.41, 5.74) is 2.50. The van der Waals surface area contributed by atoms with Gasteiger partial charge in [0.15, 0.2) is 0 Å². The lowest BCUT2D eigenvalue weighted by molar-refractivity contribution is 0.103. The van der Waals surface area contributed by atoms with Crippen LogP contribution >= 0.6 is 11.6 Å². The summed E-state index contributed by atoms with van der Waals surface area (Å²) < 4.78 is 5.61. The lowest BCUT2D eigenvalue weighted by Crippen LogP contribution is -2.09. The molecular weight excluding hydrogens is 246 g/mol. The van der Waals surface area contributed by atoms with E-state index >= 15 is 0 Å². The van der Waals surface area contributed by atoms with Gasteiger partial charge < -0.3 is 10.1 Å². The van der Waals surface area contributed by atoms with Crippen LogP contribution in [0.3, 0.4) is 0 Å². The van der Waals surface area contributed by atoms with E-state index in [-0.39, 0.29) is 0 Å². The van der Waals surface area contributed by atoms with Crippen LogP contribution < -0.4 is 5.32 Å². The van der Waals surface area contributed by atoms with Crippen molar-refractivity contribution in [3.63, 3.8) is 0 Å². The third-order valence-corrected chi connectivity index (χ3v) is 3.58. The van der Waals surface area contributed by atoms with Crippen molar-refractivity contribution in [1.82, 2.24) is 0 Å². The van der Waals surface area contributed by atoms with Gasteiger partial charge in [-0.15, -0.1) is 11.6 Å². The van der Waals surface area contributed by atoms with E-state index in [2.05, 4.69) is 29.6 Å². The second-order valence-corrected chi connectivity index (χ2v) is 5.22. The summed E-state index contributed by atoms with van der Waals surface area (Å²) in [6, 6.07) is 8.55. The molecule has 1 saturated heterocycles. The fourth-order valence-corrected chi connectivity index (χ4v) is 2.55. The highest BCUT2D eigenvalue weighted by molar-refractivity contribution is 6.17. The summed E-state index contributed by atoms with van der Waals surface area (Å²) in [6.45, 7) is 1.98. The van der Waals surface area contributed by atoms with Gasteiger partial charge in [-0.05, 0) is 49.8 Å². The van der Waals surface area contributed by atoms with E-state index in [1.807, 2.05) is 0 Å². The van der Waals surface area contributed by atoms with Crippen LogP contribution in [-0.4, -0.2) is 25.1 Å². The minimum atomic E-state index is 0.512. The molecule has 1 unspecified atom stereocenters. The lowest BCUT2D eigenvalue weighted by atomic mass is 10.1. The molecule has 2 rings (SSSR count). The Morgan fingerprint density at radius 3 is 2.78 bits per heavy atom. The van der Waals surface area contributed by atoms with Gasteiger partial charge in [0.05, 0.1) is 6.10 Å². The van der Waals surface area contributed by atoms with Crippen LogP contribution in [0.15, 0.2) is 24.3 Å². The van der Waals surface area contributed by atoms with Crippen LogP contribution in [0.2, 0.25) is 0 Å². The van der Waals surface area contributed by atoms with E-state index < -0.39 is 0 Å². The van der Waals surface area contributed by atoms with E-state index in [1.165, 1.54) is 36.9 Å². The van der Waals surface area contributed by atoms with Crippen LogP contribution in [0, 0.1) is 0 Å². The zero-order valence-electron chi connectivity index (χ0n) is 10.8. The van der Waals surface area contributed by atoms with E-state index in [4.69, 9.17) is 16.3 Å². The number of hydrogen-bond donors (Lipinski definition) is 1. The molecule has 1 heterocycles. The number of aryl methyl sites for hydroxylation is 1. The Kier molecular flexibility index (Phi) is 5.82. The molecule has 0 spiro atoms. The van der Waals surface area contributed by atoms with E-state index in [0.29, 0.717) is 12.0 Å². The molecule has 0 radical (unpaired) electrons. The van der Waals surface area contributed by atoms with Crippen LogP contribution in [0.5, 0.6) is 0 Å². The number of rotatable bonds is 7. The molecule has 1 aliphatic heterocycles. The Morgan fingerprint density at radius 1 is 1.28 bits per heavy atom. The van der Waals surface area contributed by atoms with Crippen LogP contribution in [-0.2, 0) is 11.2 Å². The molecule has 2 nitrogen and oxygen atoms in total. The first kappa shape index (κ1) is 13.7. The van der Waals surface area contributed by atoms with Crippen molar-refractivity contribution < 1.29 is 4.74 Å². The van der Waals surface area contributed by atoms with Crippen molar-refractivity contribution >= 4 is 17.3 Å². The monoisotopic (exact) mass is 267 g/mol. The van der Waals surface area contributed by atoms with Gasteiger partial charge in [0, 0.05) is 24.7 Å². The van der Waals surface area contributed by atoms with Crippen molar-refractivity contribution in [1.29, 1.82) is 0 Å². The standard InChI is InChI=1S/C15H22ClNO/c16-10-9-13-5-7-14(8-6-13)17-11-1-3-15-4-2-12-18-15/h5-8,15,17H,1-4,9-12H2.